The molecular formula is C14H22N2O3S. The molecular weight excluding hydrogens is 276 g/mol. The van der Waals surface area contributed by atoms with Gasteiger partial charge in [0.25, 0.3) is 0 Å². The highest BCUT2D eigenvalue weighted by Crippen LogP contribution is 2.36. The zero-order valence-corrected chi connectivity index (χ0v) is 13.6. The van der Waals surface area contributed by atoms with Gasteiger partial charge in [0.1, 0.15) is 5.00 Å². The molecule has 0 fully saturated rings. The molecule has 0 saturated heterocycles. The number of hydrogen-bond donors (Lipinski definition) is 2. The minimum absolute atomic E-state index is 0.0265. The van der Waals surface area contributed by atoms with E-state index in [1.807, 2.05) is 13.8 Å². The summed E-state index contributed by atoms with van der Waals surface area (Å²) < 4.78 is 4.76. The molecule has 1 rings (SSSR count). The molecule has 0 atom stereocenters. The van der Waals surface area contributed by atoms with Crippen LogP contribution in [0, 0.1) is 0 Å². The van der Waals surface area contributed by atoms with Gasteiger partial charge in [-0.05, 0) is 25.3 Å². The van der Waals surface area contributed by atoms with Crippen molar-refractivity contribution < 1.29 is 14.3 Å². The predicted octanol–water partition coefficient (Wildman–Crippen LogP) is 3.36. The summed E-state index contributed by atoms with van der Waals surface area (Å²) in [6, 6.07) is 1.48. The van der Waals surface area contributed by atoms with E-state index in [-0.39, 0.29) is 17.5 Å². The third-order valence-electron chi connectivity index (χ3n) is 2.52. The fourth-order valence-electron chi connectivity index (χ4n) is 1.52. The van der Waals surface area contributed by atoms with E-state index in [9.17, 15) is 9.59 Å². The van der Waals surface area contributed by atoms with Crippen molar-refractivity contribution in [3.63, 3.8) is 0 Å². The van der Waals surface area contributed by atoms with E-state index in [2.05, 4.69) is 31.4 Å². The van der Waals surface area contributed by atoms with Crippen molar-refractivity contribution in [2.24, 2.45) is 0 Å². The number of carbonyl (C=O) groups is 2. The first-order valence-corrected chi connectivity index (χ1v) is 7.27. The summed E-state index contributed by atoms with van der Waals surface area (Å²) in [5, 5.41) is 5.96. The molecule has 20 heavy (non-hydrogen) atoms. The lowest BCUT2D eigenvalue weighted by Crippen LogP contribution is -2.34. The van der Waals surface area contributed by atoms with Gasteiger partial charge in [-0.3, -0.25) is 5.32 Å². The molecule has 112 valence electrons. The van der Waals surface area contributed by atoms with Gasteiger partial charge < -0.3 is 10.1 Å². The molecule has 2 N–H and O–H groups in total. The maximum absolute atomic E-state index is 11.8. The van der Waals surface area contributed by atoms with Gasteiger partial charge in [-0.2, -0.15) is 0 Å². The summed E-state index contributed by atoms with van der Waals surface area (Å²) in [6.07, 6.45) is 0. The van der Waals surface area contributed by atoms with Crippen molar-refractivity contribution in [2.75, 3.05) is 12.4 Å². The Labute approximate surface area is 123 Å². The van der Waals surface area contributed by atoms with Crippen LogP contribution in [-0.2, 0) is 10.2 Å². The van der Waals surface area contributed by atoms with Gasteiger partial charge in [0.15, 0.2) is 0 Å². The quantitative estimate of drug-likeness (QED) is 0.841. The molecule has 0 bridgehead atoms. The number of rotatable bonds is 3. The lowest BCUT2D eigenvalue weighted by atomic mass is 9.94. The Morgan fingerprint density at radius 1 is 1.30 bits per heavy atom. The average Bonchev–Trinajstić information content (AvgIpc) is 2.70. The summed E-state index contributed by atoms with van der Waals surface area (Å²) in [6.45, 7) is 9.90. The van der Waals surface area contributed by atoms with E-state index < -0.39 is 5.97 Å². The van der Waals surface area contributed by atoms with Crippen molar-refractivity contribution >= 4 is 28.3 Å². The van der Waals surface area contributed by atoms with Gasteiger partial charge in [-0.25, -0.2) is 9.59 Å². The Morgan fingerprint density at radius 3 is 2.35 bits per heavy atom. The molecule has 0 spiro atoms. The van der Waals surface area contributed by atoms with Crippen LogP contribution in [0.3, 0.4) is 0 Å². The number of esters is 1. The first-order valence-electron chi connectivity index (χ1n) is 6.45. The monoisotopic (exact) mass is 298 g/mol. The average molecular weight is 298 g/mol. The van der Waals surface area contributed by atoms with Crippen LogP contribution in [0.4, 0.5) is 9.80 Å². The number of thiophene rings is 1. The van der Waals surface area contributed by atoms with Crippen molar-refractivity contribution in [1.29, 1.82) is 0 Å². The van der Waals surface area contributed by atoms with Crippen LogP contribution in [0.2, 0.25) is 0 Å². The maximum Gasteiger partial charge on any atom is 0.340 e. The Kier molecular flexibility index (Phi) is 5.16. The van der Waals surface area contributed by atoms with Gasteiger partial charge in [-0.1, -0.05) is 20.8 Å². The molecule has 0 unspecified atom stereocenters. The fourth-order valence-corrected chi connectivity index (χ4v) is 2.62. The number of amides is 2. The summed E-state index contributed by atoms with van der Waals surface area (Å²) in [5.74, 6) is -0.448. The largest absolute Gasteiger partial charge is 0.465 e. The smallest absolute Gasteiger partial charge is 0.340 e. The van der Waals surface area contributed by atoms with Gasteiger partial charge >= 0.3 is 12.0 Å². The molecule has 5 nitrogen and oxygen atoms in total. The van der Waals surface area contributed by atoms with Crippen LogP contribution in [0.15, 0.2) is 6.07 Å². The maximum atomic E-state index is 11.8. The summed E-state index contributed by atoms with van der Waals surface area (Å²) in [5.41, 5.74) is 0.295. The number of nitrogens with one attached hydrogen (secondary N) is 2. The minimum atomic E-state index is -0.448. The van der Waals surface area contributed by atoms with E-state index in [0.29, 0.717) is 10.6 Å². The zero-order valence-electron chi connectivity index (χ0n) is 12.8. The Hall–Kier alpha value is -1.56. The van der Waals surface area contributed by atoms with Crippen molar-refractivity contribution in [3.05, 3.63) is 16.5 Å². The number of anilines is 1. The fraction of sp³-hybridized carbons (Fsp3) is 0.571. The van der Waals surface area contributed by atoms with Crippen molar-refractivity contribution in [3.8, 4) is 0 Å². The van der Waals surface area contributed by atoms with Crippen LogP contribution >= 0.6 is 11.3 Å². The molecule has 6 heteroatoms. The summed E-state index contributed by atoms with van der Waals surface area (Å²) >= 11 is 1.39. The zero-order chi connectivity index (χ0) is 15.5. The van der Waals surface area contributed by atoms with Gasteiger partial charge in [0.05, 0.1) is 12.7 Å². The van der Waals surface area contributed by atoms with Crippen LogP contribution in [0.1, 0.15) is 49.9 Å². The van der Waals surface area contributed by atoms with Crippen LogP contribution in [-0.4, -0.2) is 25.2 Å². The molecule has 1 aromatic heterocycles. The molecule has 1 aromatic rings. The normalized spacial score (nSPS) is 11.3. The van der Waals surface area contributed by atoms with Crippen LogP contribution < -0.4 is 10.6 Å². The minimum Gasteiger partial charge on any atom is -0.465 e. The summed E-state index contributed by atoms with van der Waals surface area (Å²) in [4.78, 5) is 24.6. The van der Waals surface area contributed by atoms with Gasteiger partial charge in [0, 0.05) is 10.9 Å². The van der Waals surface area contributed by atoms with E-state index >= 15 is 0 Å². The molecule has 2 amide bonds. The highest BCUT2D eigenvalue weighted by Gasteiger charge is 2.24. The predicted molar refractivity (Wildman–Crippen MR) is 81.6 cm³/mol. The first-order chi connectivity index (χ1) is 9.15. The highest BCUT2D eigenvalue weighted by molar-refractivity contribution is 7.16. The third-order valence-corrected chi connectivity index (χ3v) is 4.00. The Balaban J connectivity index is 3.07. The Bertz CT molecular complexity index is 501. The number of carbonyl (C=O) groups excluding carboxylic acids is 2. The highest BCUT2D eigenvalue weighted by atomic mass is 32.1. The molecule has 0 aliphatic heterocycles. The third kappa shape index (κ3) is 4.23. The molecule has 0 saturated carbocycles. The lowest BCUT2D eigenvalue weighted by Gasteiger charge is -2.15. The summed E-state index contributed by atoms with van der Waals surface area (Å²) in [7, 11) is 1.33. The number of hydrogen-bond acceptors (Lipinski definition) is 4. The first kappa shape index (κ1) is 16.5. The van der Waals surface area contributed by atoms with Crippen molar-refractivity contribution in [1.82, 2.24) is 5.32 Å². The molecule has 0 aromatic carbocycles. The van der Waals surface area contributed by atoms with E-state index in [4.69, 9.17) is 4.74 Å². The second-order valence-electron chi connectivity index (χ2n) is 5.85. The molecule has 0 radical (unpaired) electrons. The number of methoxy groups -OCH3 is 1. The van der Waals surface area contributed by atoms with Gasteiger partial charge in [-0.15, -0.1) is 11.3 Å². The van der Waals surface area contributed by atoms with Gasteiger partial charge in [0.2, 0.25) is 0 Å². The standard InChI is InChI=1S/C14H22N2O3S/c1-8(2)15-13(18)16-11-9(12(17)19-6)7-10(20-11)14(3,4)5/h7-8H,1-6H3,(H2,15,16,18). The Morgan fingerprint density at radius 2 is 1.90 bits per heavy atom. The van der Waals surface area contributed by atoms with E-state index in [1.54, 1.807) is 6.07 Å². The number of ether oxygens (including phenoxy) is 1. The second-order valence-corrected chi connectivity index (χ2v) is 6.90. The lowest BCUT2D eigenvalue weighted by molar-refractivity contribution is 0.0602. The van der Waals surface area contributed by atoms with Crippen LogP contribution in [0.25, 0.3) is 0 Å². The SMILES string of the molecule is COC(=O)c1cc(C(C)(C)C)sc1NC(=O)NC(C)C. The van der Waals surface area contributed by atoms with Crippen molar-refractivity contribution in [2.45, 2.75) is 46.1 Å². The van der Waals surface area contributed by atoms with E-state index in [1.165, 1.54) is 18.4 Å². The topological polar surface area (TPSA) is 67.4 Å². The number of urea groups is 1. The van der Waals surface area contributed by atoms with Crippen LogP contribution in [0.5, 0.6) is 0 Å². The molecule has 1 heterocycles. The second kappa shape index (κ2) is 6.26. The molecule has 0 aliphatic carbocycles. The van der Waals surface area contributed by atoms with E-state index in [0.717, 1.165) is 4.88 Å². The molecule has 0 aliphatic rings.